The van der Waals surface area contributed by atoms with Gasteiger partial charge in [0.15, 0.2) is 6.29 Å². The Hall–Kier alpha value is -1.16. The van der Waals surface area contributed by atoms with Gasteiger partial charge in [-0.15, -0.1) is 6.58 Å². The molecule has 2 saturated heterocycles. The Morgan fingerprint density at radius 1 is 1.23 bits per heavy atom. The molecule has 1 aromatic rings. The number of nitrogens with zero attached hydrogens (tertiary/aromatic N) is 1. The average Bonchev–Trinajstić information content (AvgIpc) is 2.91. The molecule has 2 heterocycles. The van der Waals surface area contributed by atoms with E-state index in [9.17, 15) is 0 Å². The summed E-state index contributed by atoms with van der Waals surface area (Å²) in [4.78, 5) is 2.50. The molecular weight excluding hydrogens is 274 g/mol. The van der Waals surface area contributed by atoms with Crippen molar-refractivity contribution >= 4 is 0 Å². The standard InChI is InChI=1S/C19H27NO2/c1-2-8-17-14-20(13-16-9-4-3-5-10-16)15-18(17)22-19-11-6-7-12-21-19/h2-5,9-10,17-19H,1,6-8,11-15H2/t17-,18+,19?/m0/s1. The molecule has 0 aromatic heterocycles. The molecule has 0 spiro atoms. The zero-order chi connectivity index (χ0) is 15.2. The van der Waals surface area contributed by atoms with Gasteiger partial charge in [0, 0.05) is 32.2 Å². The Morgan fingerprint density at radius 2 is 2.09 bits per heavy atom. The van der Waals surface area contributed by atoms with Crippen molar-refractivity contribution in [2.24, 2.45) is 5.92 Å². The molecule has 1 unspecified atom stereocenters. The van der Waals surface area contributed by atoms with Crippen molar-refractivity contribution < 1.29 is 9.47 Å². The van der Waals surface area contributed by atoms with Crippen LogP contribution >= 0.6 is 0 Å². The molecule has 0 bridgehead atoms. The molecule has 2 aliphatic heterocycles. The Bertz CT molecular complexity index is 456. The third-order valence-electron chi connectivity index (χ3n) is 4.64. The topological polar surface area (TPSA) is 21.7 Å². The predicted octanol–water partition coefficient (Wildman–Crippen LogP) is 3.61. The van der Waals surface area contributed by atoms with E-state index in [4.69, 9.17) is 9.47 Å². The number of hydrogen-bond acceptors (Lipinski definition) is 3. The van der Waals surface area contributed by atoms with Crippen LogP contribution in [-0.2, 0) is 16.0 Å². The van der Waals surface area contributed by atoms with Crippen LogP contribution in [0.3, 0.4) is 0 Å². The van der Waals surface area contributed by atoms with Gasteiger partial charge in [0.05, 0.1) is 6.10 Å². The van der Waals surface area contributed by atoms with Gasteiger partial charge in [-0.05, 0) is 31.2 Å². The molecule has 3 heteroatoms. The highest BCUT2D eigenvalue weighted by molar-refractivity contribution is 5.14. The molecule has 0 saturated carbocycles. The molecule has 3 nitrogen and oxygen atoms in total. The maximum atomic E-state index is 6.27. The quantitative estimate of drug-likeness (QED) is 0.749. The first-order valence-corrected chi connectivity index (χ1v) is 8.49. The molecule has 0 aliphatic carbocycles. The third kappa shape index (κ3) is 4.19. The van der Waals surface area contributed by atoms with Gasteiger partial charge in [0.1, 0.15) is 0 Å². The van der Waals surface area contributed by atoms with Gasteiger partial charge < -0.3 is 9.47 Å². The summed E-state index contributed by atoms with van der Waals surface area (Å²) >= 11 is 0. The second-order valence-corrected chi connectivity index (χ2v) is 6.43. The van der Waals surface area contributed by atoms with Crippen molar-refractivity contribution in [2.75, 3.05) is 19.7 Å². The molecule has 2 fully saturated rings. The van der Waals surface area contributed by atoms with Gasteiger partial charge in [0.2, 0.25) is 0 Å². The summed E-state index contributed by atoms with van der Waals surface area (Å²) in [6.07, 6.45) is 6.73. The summed E-state index contributed by atoms with van der Waals surface area (Å²) in [6, 6.07) is 10.7. The molecule has 0 amide bonds. The molecule has 2 aliphatic rings. The van der Waals surface area contributed by atoms with Crippen LogP contribution in [0, 0.1) is 5.92 Å². The SMILES string of the molecule is C=CC[C@H]1CN(Cc2ccccc2)C[C@H]1OC1CCCCO1. The molecule has 3 atom stereocenters. The van der Waals surface area contributed by atoms with Crippen LogP contribution < -0.4 is 0 Å². The summed E-state index contributed by atoms with van der Waals surface area (Å²) in [5.74, 6) is 0.534. The van der Waals surface area contributed by atoms with Gasteiger partial charge >= 0.3 is 0 Å². The zero-order valence-corrected chi connectivity index (χ0v) is 13.3. The van der Waals surface area contributed by atoms with E-state index in [0.29, 0.717) is 5.92 Å². The molecular formula is C19H27NO2. The minimum absolute atomic E-state index is 0.00254. The van der Waals surface area contributed by atoms with E-state index >= 15 is 0 Å². The minimum atomic E-state index is 0.00254. The molecule has 1 aromatic carbocycles. The minimum Gasteiger partial charge on any atom is -0.353 e. The molecule has 3 rings (SSSR count). The first-order chi connectivity index (χ1) is 10.8. The van der Waals surface area contributed by atoms with Gasteiger partial charge in [-0.25, -0.2) is 0 Å². The van der Waals surface area contributed by atoms with Crippen LogP contribution in [0.5, 0.6) is 0 Å². The fourth-order valence-electron chi connectivity index (χ4n) is 3.51. The third-order valence-corrected chi connectivity index (χ3v) is 4.64. The number of rotatable bonds is 6. The van der Waals surface area contributed by atoms with Crippen molar-refractivity contribution in [2.45, 2.75) is 44.6 Å². The van der Waals surface area contributed by atoms with E-state index in [2.05, 4.69) is 41.8 Å². The Morgan fingerprint density at radius 3 is 2.82 bits per heavy atom. The van der Waals surface area contributed by atoms with Crippen molar-refractivity contribution in [1.82, 2.24) is 4.90 Å². The largest absolute Gasteiger partial charge is 0.353 e. The maximum Gasteiger partial charge on any atom is 0.158 e. The average molecular weight is 301 g/mol. The fraction of sp³-hybridized carbons (Fsp3) is 0.579. The van der Waals surface area contributed by atoms with Gasteiger partial charge in [0.25, 0.3) is 0 Å². The highest BCUT2D eigenvalue weighted by Crippen LogP contribution is 2.28. The summed E-state index contributed by atoms with van der Waals surface area (Å²) < 4.78 is 12.0. The van der Waals surface area contributed by atoms with Crippen LogP contribution in [0.4, 0.5) is 0 Å². The highest BCUT2D eigenvalue weighted by atomic mass is 16.7. The Labute approximate surface area is 133 Å². The van der Waals surface area contributed by atoms with Crippen LogP contribution in [0.25, 0.3) is 0 Å². The maximum absolute atomic E-state index is 6.27. The van der Waals surface area contributed by atoms with Crippen molar-refractivity contribution in [3.8, 4) is 0 Å². The van der Waals surface area contributed by atoms with Crippen LogP contribution in [0.2, 0.25) is 0 Å². The smallest absolute Gasteiger partial charge is 0.158 e. The van der Waals surface area contributed by atoms with E-state index in [1.807, 2.05) is 6.08 Å². The van der Waals surface area contributed by atoms with Gasteiger partial charge in [-0.3, -0.25) is 4.90 Å². The van der Waals surface area contributed by atoms with Gasteiger partial charge in [-0.2, -0.15) is 0 Å². The van der Waals surface area contributed by atoms with Crippen molar-refractivity contribution in [3.63, 3.8) is 0 Å². The monoisotopic (exact) mass is 301 g/mol. The molecule has 120 valence electrons. The first kappa shape index (κ1) is 15.7. The zero-order valence-electron chi connectivity index (χ0n) is 13.3. The van der Waals surface area contributed by atoms with Crippen LogP contribution in [0.1, 0.15) is 31.2 Å². The normalized spacial score (nSPS) is 29.5. The lowest BCUT2D eigenvalue weighted by molar-refractivity contribution is -0.192. The first-order valence-electron chi connectivity index (χ1n) is 8.49. The lowest BCUT2D eigenvalue weighted by atomic mass is 10.0. The summed E-state index contributed by atoms with van der Waals surface area (Å²) in [6.45, 7) is 7.83. The predicted molar refractivity (Wildman–Crippen MR) is 88.5 cm³/mol. The second kappa shape index (κ2) is 7.91. The van der Waals surface area contributed by atoms with Crippen molar-refractivity contribution in [1.29, 1.82) is 0 Å². The second-order valence-electron chi connectivity index (χ2n) is 6.43. The van der Waals surface area contributed by atoms with E-state index in [1.54, 1.807) is 0 Å². The van der Waals surface area contributed by atoms with Crippen LogP contribution in [-0.4, -0.2) is 37.0 Å². The number of benzene rings is 1. The van der Waals surface area contributed by atoms with Crippen LogP contribution in [0.15, 0.2) is 43.0 Å². The van der Waals surface area contributed by atoms with Gasteiger partial charge in [-0.1, -0.05) is 36.4 Å². The van der Waals surface area contributed by atoms with E-state index in [1.165, 1.54) is 18.4 Å². The Balaban J connectivity index is 1.57. The molecule has 0 radical (unpaired) electrons. The number of likely N-dealkylation sites (tertiary alicyclic amines) is 1. The van der Waals surface area contributed by atoms with E-state index in [-0.39, 0.29) is 12.4 Å². The summed E-state index contributed by atoms with van der Waals surface area (Å²) in [5, 5.41) is 0. The molecule has 22 heavy (non-hydrogen) atoms. The number of allylic oxidation sites excluding steroid dienone is 1. The highest BCUT2D eigenvalue weighted by Gasteiger charge is 2.34. The number of ether oxygens (including phenoxy) is 2. The molecule has 0 N–H and O–H groups in total. The summed E-state index contributed by atoms with van der Waals surface area (Å²) in [5.41, 5.74) is 1.37. The summed E-state index contributed by atoms with van der Waals surface area (Å²) in [7, 11) is 0. The fourth-order valence-corrected chi connectivity index (χ4v) is 3.51. The Kier molecular flexibility index (Phi) is 5.65. The lowest BCUT2D eigenvalue weighted by Crippen LogP contribution is -2.32. The lowest BCUT2D eigenvalue weighted by Gasteiger charge is -2.28. The van der Waals surface area contributed by atoms with E-state index in [0.717, 1.165) is 39.1 Å². The number of hydrogen-bond donors (Lipinski definition) is 0. The van der Waals surface area contributed by atoms with Crippen molar-refractivity contribution in [3.05, 3.63) is 48.6 Å². The van der Waals surface area contributed by atoms with E-state index < -0.39 is 0 Å².